The highest BCUT2D eigenvalue weighted by molar-refractivity contribution is 5.80. The van der Waals surface area contributed by atoms with Crippen molar-refractivity contribution in [1.29, 1.82) is 0 Å². The zero-order valence-electron chi connectivity index (χ0n) is 11.8. The van der Waals surface area contributed by atoms with Gasteiger partial charge in [-0.15, -0.1) is 0 Å². The summed E-state index contributed by atoms with van der Waals surface area (Å²) in [6, 6.07) is 8.32. The number of nitrogens with zero attached hydrogens (tertiary/aromatic N) is 2. The number of hydrogen-bond donors (Lipinski definition) is 2. The third-order valence-electron chi connectivity index (χ3n) is 3.30. The number of hydrogen-bond acceptors (Lipinski definition) is 4. The van der Waals surface area contributed by atoms with E-state index < -0.39 is 0 Å². The second kappa shape index (κ2) is 7.63. The van der Waals surface area contributed by atoms with Crippen LogP contribution in [0.5, 0.6) is 5.75 Å². The number of ether oxygens (including phenoxy) is 1. The van der Waals surface area contributed by atoms with Crippen LogP contribution in [0.15, 0.2) is 29.4 Å². The number of nitrogens with two attached hydrogens (primary N) is 1. The number of amidine groups is 1. The van der Waals surface area contributed by atoms with Gasteiger partial charge < -0.3 is 20.6 Å². The molecule has 0 aromatic heterocycles. The van der Waals surface area contributed by atoms with Crippen LogP contribution in [-0.2, 0) is 6.42 Å². The van der Waals surface area contributed by atoms with Gasteiger partial charge in [0.2, 0.25) is 0 Å². The van der Waals surface area contributed by atoms with Gasteiger partial charge in [-0.2, -0.15) is 0 Å². The Morgan fingerprint density at radius 3 is 2.58 bits per heavy atom. The SMILES string of the molecule is COc1ccc(CCN(C)C(C)CC(N)=NO)cc1. The van der Waals surface area contributed by atoms with Crippen LogP contribution < -0.4 is 10.5 Å². The van der Waals surface area contributed by atoms with E-state index in [0.717, 1.165) is 18.7 Å². The maximum Gasteiger partial charge on any atom is 0.140 e. The lowest BCUT2D eigenvalue weighted by Crippen LogP contribution is -2.34. The lowest BCUT2D eigenvalue weighted by Gasteiger charge is -2.24. The Kier molecular flexibility index (Phi) is 6.15. The fourth-order valence-electron chi connectivity index (χ4n) is 1.82. The van der Waals surface area contributed by atoms with Gasteiger partial charge in [-0.05, 0) is 38.1 Å². The Morgan fingerprint density at radius 1 is 1.42 bits per heavy atom. The van der Waals surface area contributed by atoms with Crippen molar-refractivity contribution in [2.45, 2.75) is 25.8 Å². The van der Waals surface area contributed by atoms with Gasteiger partial charge in [0, 0.05) is 19.0 Å². The molecule has 5 nitrogen and oxygen atoms in total. The molecule has 1 rings (SSSR count). The highest BCUT2D eigenvalue weighted by Gasteiger charge is 2.11. The summed E-state index contributed by atoms with van der Waals surface area (Å²) < 4.78 is 5.13. The van der Waals surface area contributed by atoms with Crippen molar-refractivity contribution in [3.05, 3.63) is 29.8 Å². The molecular formula is C14H23N3O2. The van der Waals surface area contributed by atoms with E-state index in [1.807, 2.05) is 19.2 Å². The number of likely N-dealkylation sites (N-methyl/N-ethyl adjacent to an activating group) is 1. The summed E-state index contributed by atoms with van der Waals surface area (Å²) in [5.74, 6) is 1.14. The zero-order valence-corrected chi connectivity index (χ0v) is 11.8. The van der Waals surface area contributed by atoms with Gasteiger partial charge in [-0.3, -0.25) is 0 Å². The average molecular weight is 265 g/mol. The Balaban J connectivity index is 2.42. The minimum absolute atomic E-state index is 0.245. The Bertz CT molecular complexity index is 404. The van der Waals surface area contributed by atoms with E-state index in [1.165, 1.54) is 5.56 Å². The van der Waals surface area contributed by atoms with E-state index in [-0.39, 0.29) is 11.9 Å². The summed E-state index contributed by atoms with van der Waals surface area (Å²) in [6.45, 7) is 2.98. The molecule has 0 amide bonds. The van der Waals surface area contributed by atoms with Crippen LogP contribution in [0.1, 0.15) is 18.9 Å². The third-order valence-corrected chi connectivity index (χ3v) is 3.30. The topological polar surface area (TPSA) is 71.1 Å². The molecule has 0 bridgehead atoms. The molecule has 0 heterocycles. The Morgan fingerprint density at radius 2 is 2.05 bits per heavy atom. The summed E-state index contributed by atoms with van der Waals surface area (Å²) in [6.07, 6.45) is 1.52. The molecule has 0 aliphatic carbocycles. The van der Waals surface area contributed by atoms with E-state index in [1.54, 1.807) is 7.11 Å². The Hall–Kier alpha value is -1.75. The highest BCUT2D eigenvalue weighted by Crippen LogP contribution is 2.12. The molecule has 19 heavy (non-hydrogen) atoms. The van der Waals surface area contributed by atoms with E-state index in [4.69, 9.17) is 15.7 Å². The molecule has 0 radical (unpaired) electrons. The lowest BCUT2D eigenvalue weighted by molar-refractivity contribution is 0.261. The van der Waals surface area contributed by atoms with Crippen molar-refractivity contribution in [2.24, 2.45) is 10.9 Å². The van der Waals surface area contributed by atoms with E-state index in [9.17, 15) is 0 Å². The molecule has 0 spiro atoms. The summed E-state index contributed by atoms with van der Waals surface area (Å²) in [7, 11) is 3.70. The maximum absolute atomic E-state index is 8.56. The summed E-state index contributed by atoms with van der Waals surface area (Å²) >= 11 is 0. The van der Waals surface area contributed by atoms with Crippen LogP contribution in [-0.4, -0.2) is 42.7 Å². The van der Waals surface area contributed by atoms with Crippen molar-refractivity contribution in [1.82, 2.24) is 4.90 Å². The first kappa shape index (κ1) is 15.3. The molecule has 106 valence electrons. The quantitative estimate of drug-likeness (QED) is 0.341. The molecule has 0 saturated heterocycles. The largest absolute Gasteiger partial charge is 0.497 e. The van der Waals surface area contributed by atoms with Gasteiger partial charge >= 0.3 is 0 Å². The van der Waals surface area contributed by atoms with E-state index in [2.05, 4.69) is 29.1 Å². The van der Waals surface area contributed by atoms with Crippen molar-refractivity contribution < 1.29 is 9.94 Å². The van der Waals surface area contributed by atoms with Gasteiger partial charge in [-0.1, -0.05) is 17.3 Å². The first-order chi connectivity index (χ1) is 9.06. The third kappa shape index (κ3) is 5.18. The minimum Gasteiger partial charge on any atom is -0.497 e. The molecule has 3 N–H and O–H groups in total. The predicted octanol–water partition coefficient (Wildman–Crippen LogP) is 1.69. The molecule has 0 aliphatic rings. The number of oxime groups is 1. The normalized spacial score (nSPS) is 13.6. The summed E-state index contributed by atoms with van der Waals surface area (Å²) in [5, 5.41) is 11.6. The summed E-state index contributed by atoms with van der Waals surface area (Å²) in [5.41, 5.74) is 6.78. The fourth-order valence-corrected chi connectivity index (χ4v) is 1.82. The van der Waals surface area contributed by atoms with Crippen LogP contribution in [0, 0.1) is 0 Å². The monoisotopic (exact) mass is 265 g/mol. The second-order valence-corrected chi connectivity index (χ2v) is 4.72. The zero-order chi connectivity index (χ0) is 14.3. The number of rotatable bonds is 7. The molecular weight excluding hydrogens is 242 g/mol. The van der Waals surface area contributed by atoms with Crippen LogP contribution in [0.3, 0.4) is 0 Å². The second-order valence-electron chi connectivity index (χ2n) is 4.72. The van der Waals surface area contributed by atoms with E-state index in [0.29, 0.717) is 6.42 Å². The Labute approximate surface area is 114 Å². The molecule has 0 fully saturated rings. The minimum atomic E-state index is 0.245. The van der Waals surface area contributed by atoms with Crippen molar-refractivity contribution in [3.8, 4) is 5.75 Å². The van der Waals surface area contributed by atoms with Crippen LogP contribution >= 0.6 is 0 Å². The van der Waals surface area contributed by atoms with Gasteiger partial charge in [0.1, 0.15) is 11.6 Å². The molecule has 1 unspecified atom stereocenters. The summed E-state index contributed by atoms with van der Waals surface area (Å²) in [4.78, 5) is 2.20. The molecule has 1 atom stereocenters. The molecule has 5 heteroatoms. The first-order valence-electron chi connectivity index (χ1n) is 6.36. The number of methoxy groups -OCH3 is 1. The van der Waals surface area contributed by atoms with Crippen LogP contribution in [0.2, 0.25) is 0 Å². The van der Waals surface area contributed by atoms with Crippen molar-refractivity contribution in [2.75, 3.05) is 20.7 Å². The predicted molar refractivity (Wildman–Crippen MR) is 76.8 cm³/mol. The molecule has 0 aliphatic heterocycles. The fraction of sp³-hybridized carbons (Fsp3) is 0.500. The highest BCUT2D eigenvalue weighted by atomic mass is 16.5. The van der Waals surface area contributed by atoms with Crippen LogP contribution in [0.4, 0.5) is 0 Å². The lowest BCUT2D eigenvalue weighted by atomic mass is 10.1. The first-order valence-corrected chi connectivity index (χ1v) is 6.36. The standard InChI is InChI=1S/C14H23N3O2/c1-11(10-14(15)16-18)17(2)9-8-12-4-6-13(19-3)7-5-12/h4-7,11,18H,8-10H2,1-3H3,(H2,15,16). The maximum atomic E-state index is 8.56. The van der Waals surface area contributed by atoms with Gasteiger partial charge in [0.15, 0.2) is 0 Å². The van der Waals surface area contributed by atoms with Crippen molar-refractivity contribution >= 4 is 5.84 Å². The van der Waals surface area contributed by atoms with Gasteiger partial charge in [-0.25, -0.2) is 0 Å². The smallest absolute Gasteiger partial charge is 0.140 e. The van der Waals surface area contributed by atoms with Gasteiger partial charge in [0.25, 0.3) is 0 Å². The molecule has 1 aromatic carbocycles. The number of benzene rings is 1. The average Bonchev–Trinajstić information content (AvgIpc) is 2.44. The van der Waals surface area contributed by atoms with Gasteiger partial charge in [0.05, 0.1) is 7.11 Å². The van der Waals surface area contributed by atoms with Crippen molar-refractivity contribution in [3.63, 3.8) is 0 Å². The van der Waals surface area contributed by atoms with E-state index >= 15 is 0 Å². The van der Waals surface area contributed by atoms with Crippen LogP contribution in [0.25, 0.3) is 0 Å². The molecule has 0 saturated carbocycles. The molecule has 1 aromatic rings.